The van der Waals surface area contributed by atoms with Gasteiger partial charge in [0.25, 0.3) is 5.91 Å². The van der Waals surface area contributed by atoms with Crippen LogP contribution in [-0.4, -0.2) is 66.9 Å². The van der Waals surface area contributed by atoms with Gasteiger partial charge in [0, 0.05) is 56.9 Å². The van der Waals surface area contributed by atoms with Crippen LogP contribution in [0.1, 0.15) is 16.2 Å². The van der Waals surface area contributed by atoms with Crippen LogP contribution in [0.15, 0.2) is 52.9 Å². The van der Waals surface area contributed by atoms with Gasteiger partial charge >= 0.3 is 0 Å². The third-order valence-corrected chi connectivity index (χ3v) is 7.72. The molecule has 0 saturated carbocycles. The number of aromatic nitrogens is 2. The van der Waals surface area contributed by atoms with Crippen LogP contribution in [0.5, 0.6) is 0 Å². The molecule has 3 heterocycles. The van der Waals surface area contributed by atoms with Gasteiger partial charge in [-0.3, -0.25) is 9.69 Å². The van der Waals surface area contributed by atoms with Crippen molar-refractivity contribution >= 4 is 27.3 Å². The van der Waals surface area contributed by atoms with Gasteiger partial charge in [-0.1, -0.05) is 30.3 Å². The zero-order chi connectivity index (χ0) is 22.0. The summed E-state index contributed by atoms with van der Waals surface area (Å²) in [5.74, 6) is -0.153. The topological polar surface area (TPSA) is 87.5 Å². The molecule has 1 aromatic carbocycles. The lowest BCUT2D eigenvalue weighted by Crippen LogP contribution is -2.48. The van der Waals surface area contributed by atoms with Gasteiger partial charge in [-0.05, 0) is 13.1 Å². The normalized spacial score (nSPS) is 15.4. The number of thiazole rings is 1. The lowest BCUT2D eigenvalue weighted by Gasteiger charge is -2.34. The molecule has 1 aliphatic heterocycles. The summed E-state index contributed by atoms with van der Waals surface area (Å²) in [5, 5.41) is 3.11. The number of rotatable bonds is 6. The molecule has 3 aromatic rings. The van der Waals surface area contributed by atoms with E-state index in [4.69, 9.17) is 4.98 Å². The van der Waals surface area contributed by atoms with Crippen molar-refractivity contribution in [1.82, 2.24) is 24.1 Å². The minimum Gasteiger partial charge on any atom is -0.345 e. The Kier molecular flexibility index (Phi) is 6.24. The molecule has 2 aromatic heterocycles. The average Bonchev–Trinajstić information content (AvgIpc) is 3.41. The minimum atomic E-state index is -3.58. The summed E-state index contributed by atoms with van der Waals surface area (Å²) < 4.78 is 27.9. The first-order chi connectivity index (χ1) is 14.9. The predicted molar refractivity (Wildman–Crippen MR) is 120 cm³/mol. The number of hydrogen-bond donors (Lipinski definition) is 1. The summed E-state index contributed by atoms with van der Waals surface area (Å²) in [7, 11) is -0.541. The van der Waals surface area contributed by atoms with Gasteiger partial charge < -0.3 is 9.47 Å². The fourth-order valence-electron chi connectivity index (χ4n) is 3.60. The van der Waals surface area contributed by atoms with Crippen molar-refractivity contribution in [2.75, 3.05) is 33.2 Å². The molecule has 31 heavy (non-hydrogen) atoms. The Bertz CT molecular complexity index is 1160. The molecule has 0 radical (unpaired) electrons. The van der Waals surface area contributed by atoms with Crippen molar-refractivity contribution in [1.29, 1.82) is 0 Å². The zero-order valence-electron chi connectivity index (χ0n) is 17.5. The van der Waals surface area contributed by atoms with Gasteiger partial charge in [-0.15, -0.1) is 11.3 Å². The van der Waals surface area contributed by atoms with E-state index in [2.05, 4.69) is 27.1 Å². The number of aryl methyl sites for hydroxylation is 1. The van der Waals surface area contributed by atoms with Gasteiger partial charge in [-0.2, -0.15) is 0 Å². The number of sulfonamides is 1. The Hall–Kier alpha value is -2.53. The maximum absolute atomic E-state index is 12.9. The highest BCUT2D eigenvalue weighted by molar-refractivity contribution is 7.89. The van der Waals surface area contributed by atoms with Crippen molar-refractivity contribution in [3.05, 3.63) is 59.4 Å². The van der Waals surface area contributed by atoms with Gasteiger partial charge in [0.05, 0.1) is 5.69 Å². The van der Waals surface area contributed by atoms with Gasteiger partial charge in [0.15, 0.2) is 0 Å². The van der Waals surface area contributed by atoms with E-state index in [1.807, 2.05) is 18.2 Å². The number of nitrogens with zero attached hydrogens (tertiary/aromatic N) is 4. The lowest BCUT2D eigenvalue weighted by molar-refractivity contribution is 0.0618. The van der Waals surface area contributed by atoms with Crippen LogP contribution in [0, 0.1) is 0 Å². The highest BCUT2D eigenvalue weighted by Gasteiger charge is 2.26. The van der Waals surface area contributed by atoms with E-state index in [-0.39, 0.29) is 10.8 Å². The van der Waals surface area contributed by atoms with Crippen LogP contribution in [0.3, 0.4) is 0 Å². The van der Waals surface area contributed by atoms with Crippen molar-refractivity contribution < 1.29 is 13.2 Å². The molecular weight excluding hydrogens is 434 g/mol. The van der Waals surface area contributed by atoms with E-state index in [9.17, 15) is 13.2 Å². The fourth-order valence-corrected chi connectivity index (χ4v) is 5.22. The van der Waals surface area contributed by atoms with Crippen molar-refractivity contribution in [3.8, 4) is 10.6 Å². The number of hydrogen-bond acceptors (Lipinski definition) is 6. The maximum atomic E-state index is 12.9. The smallest absolute Gasteiger partial charge is 0.270 e. The fraction of sp³-hybridized carbons (Fsp3) is 0.333. The standard InChI is InChI=1S/C21H25N5O3S2/c1-22-31(28,29)18-12-19(24(2)14-18)21(27)26-10-8-25(9-11-26)13-17-15-30-20(23-17)16-6-4-3-5-7-16/h3-7,12,14-15,22H,8-11,13H2,1-2H3. The van der Waals surface area contributed by atoms with Crippen LogP contribution in [-0.2, 0) is 23.6 Å². The number of carbonyl (C=O) groups is 1. The Morgan fingerprint density at radius 3 is 2.55 bits per heavy atom. The van der Waals surface area contributed by atoms with Crippen LogP contribution in [0.4, 0.5) is 0 Å². The molecule has 10 heteroatoms. The van der Waals surface area contributed by atoms with Gasteiger partial charge in [0.1, 0.15) is 15.6 Å². The second kappa shape index (κ2) is 8.91. The highest BCUT2D eigenvalue weighted by atomic mass is 32.2. The van der Waals surface area contributed by atoms with E-state index < -0.39 is 10.0 Å². The third kappa shape index (κ3) is 4.72. The van der Waals surface area contributed by atoms with Crippen molar-refractivity contribution in [2.24, 2.45) is 7.05 Å². The highest BCUT2D eigenvalue weighted by Crippen LogP contribution is 2.24. The molecule has 1 aliphatic rings. The lowest BCUT2D eigenvalue weighted by atomic mass is 10.2. The Morgan fingerprint density at radius 1 is 1.16 bits per heavy atom. The van der Waals surface area contributed by atoms with Crippen LogP contribution >= 0.6 is 11.3 Å². The summed E-state index contributed by atoms with van der Waals surface area (Å²) in [6.45, 7) is 3.42. The first-order valence-electron chi connectivity index (χ1n) is 9.99. The van der Waals surface area contributed by atoms with Crippen LogP contribution < -0.4 is 4.72 Å². The van der Waals surface area contributed by atoms with Crippen LogP contribution in [0.2, 0.25) is 0 Å². The predicted octanol–water partition coefficient (Wildman–Crippen LogP) is 2.01. The minimum absolute atomic E-state index is 0.0947. The summed E-state index contributed by atoms with van der Waals surface area (Å²) in [6, 6.07) is 11.6. The van der Waals surface area contributed by atoms with Crippen molar-refractivity contribution in [2.45, 2.75) is 11.4 Å². The van der Waals surface area contributed by atoms with E-state index in [1.54, 1.807) is 27.9 Å². The third-order valence-electron chi connectivity index (χ3n) is 5.40. The number of nitrogens with one attached hydrogen (secondary N) is 1. The maximum Gasteiger partial charge on any atom is 0.270 e. The average molecular weight is 460 g/mol. The molecule has 164 valence electrons. The summed E-state index contributed by atoms with van der Waals surface area (Å²) in [5.41, 5.74) is 2.53. The Morgan fingerprint density at radius 2 is 1.87 bits per heavy atom. The summed E-state index contributed by atoms with van der Waals surface area (Å²) in [6.07, 6.45) is 1.46. The molecule has 4 rings (SSSR count). The zero-order valence-corrected chi connectivity index (χ0v) is 19.1. The van der Waals surface area contributed by atoms with E-state index in [0.29, 0.717) is 18.8 Å². The van der Waals surface area contributed by atoms with E-state index >= 15 is 0 Å². The first-order valence-corrected chi connectivity index (χ1v) is 12.3. The number of piperazine rings is 1. The molecular formula is C21H25N5O3S2. The molecule has 1 N–H and O–H groups in total. The number of carbonyl (C=O) groups excluding carboxylic acids is 1. The van der Waals surface area contributed by atoms with Crippen LogP contribution in [0.25, 0.3) is 10.6 Å². The number of amides is 1. The van der Waals surface area contributed by atoms with E-state index in [1.165, 1.54) is 19.3 Å². The summed E-state index contributed by atoms with van der Waals surface area (Å²) in [4.78, 5) is 21.8. The largest absolute Gasteiger partial charge is 0.345 e. The Balaban J connectivity index is 1.36. The Labute approximate surface area is 186 Å². The van der Waals surface area contributed by atoms with Crippen molar-refractivity contribution in [3.63, 3.8) is 0 Å². The molecule has 1 fully saturated rings. The molecule has 0 atom stereocenters. The molecule has 0 bridgehead atoms. The second-order valence-electron chi connectivity index (χ2n) is 7.46. The second-order valence-corrected chi connectivity index (χ2v) is 10.2. The van der Waals surface area contributed by atoms with Gasteiger partial charge in [0.2, 0.25) is 10.0 Å². The quantitative estimate of drug-likeness (QED) is 0.609. The molecule has 0 spiro atoms. The molecule has 0 unspecified atom stereocenters. The van der Waals surface area contributed by atoms with Gasteiger partial charge in [-0.25, -0.2) is 18.1 Å². The molecule has 8 nitrogen and oxygen atoms in total. The summed E-state index contributed by atoms with van der Waals surface area (Å²) >= 11 is 1.64. The SMILES string of the molecule is CNS(=O)(=O)c1cc(C(=O)N2CCN(Cc3csc(-c4ccccc4)n3)CC2)n(C)c1. The molecule has 1 amide bonds. The monoisotopic (exact) mass is 459 g/mol. The first kappa shape index (κ1) is 21.7. The number of benzene rings is 1. The molecule has 0 aliphatic carbocycles. The van der Waals surface area contributed by atoms with E-state index in [0.717, 1.165) is 35.9 Å². The molecule has 1 saturated heterocycles.